The number of piperidine rings is 1. The highest BCUT2D eigenvalue weighted by molar-refractivity contribution is 5.80. The number of anilines is 1. The van der Waals surface area contributed by atoms with E-state index in [2.05, 4.69) is 25.0 Å². The molecule has 2 aliphatic rings. The Morgan fingerprint density at radius 2 is 2.12 bits per heavy atom. The van der Waals surface area contributed by atoms with E-state index >= 15 is 0 Å². The van der Waals surface area contributed by atoms with Crippen LogP contribution in [0.4, 0.5) is 5.82 Å². The van der Waals surface area contributed by atoms with Gasteiger partial charge in [-0.2, -0.15) is 5.10 Å². The van der Waals surface area contributed by atoms with Crippen LogP contribution in [0.2, 0.25) is 0 Å². The summed E-state index contributed by atoms with van der Waals surface area (Å²) in [6.45, 7) is 6.59. The number of nitrogens with zero attached hydrogens (tertiary/aromatic N) is 7. The van der Waals surface area contributed by atoms with Crippen molar-refractivity contribution in [2.75, 3.05) is 31.3 Å². The number of carbonyl (C=O) groups excluding carboxylic acids is 1. The molecular weight excluding hydrogens is 334 g/mol. The van der Waals surface area contributed by atoms with Gasteiger partial charge >= 0.3 is 0 Å². The number of hydrogen-bond donors (Lipinski definition) is 0. The standard InChI is InChI=1S/C17H23N7O2/c1-17(2)8-26-12-23(17)16(25)13-4-3-5-22(7-13)14-6-15(20-10-19-14)24-11-18-9-21-24/h6,9-11,13H,3-5,7-8,12H2,1-2H3. The van der Waals surface area contributed by atoms with E-state index in [-0.39, 0.29) is 17.4 Å². The van der Waals surface area contributed by atoms with Crippen LogP contribution in [0.15, 0.2) is 25.0 Å². The van der Waals surface area contributed by atoms with E-state index in [1.807, 2.05) is 24.8 Å². The molecule has 1 amide bonds. The molecule has 2 aromatic rings. The van der Waals surface area contributed by atoms with Crippen molar-refractivity contribution in [1.82, 2.24) is 29.6 Å². The average Bonchev–Trinajstić information content (AvgIpc) is 3.31. The third kappa shape index (κ3) is 3.14. The van der Waals surface area contributed by atoms with Crippen LogP contribution < -0.4 is 4.90 Å². The topological polar surface area (TPSA) is 89.3 Å². The van der Waals surface area contributed by atoms with Gasteiger partial charge in [-0.05, 0) is 26.7 Å². The predicted molar refractivity (Wildman–Crippen MR) is 93.6 cm³/mol. The number of hydrogen-bond acceptors (Lipinski definition) is 7. The molecular formula is C17H23N7O2. The van der Waals surface area contributed by atoms with Gasteiger partial charge in [0, 0.05) is 19.2 Å². The summed E-state index contributed by atoms with van der Waals surface area (Å²) in [7, 11) is 0. The summed E-state index contributed by atoms with van der Waals surface area (Å²) in [5.74, 6) is 1.59. The van der Waals surface area contributed by atoms with Crippen LogP contribution in [0.5, 0.6) is 0 Å². The Balaban J connectivity index is 1.50. The molecule has 1 unspecified atom stereocenters. The van der Waals surface area contributed by atoms with Crippen LogP contribution in [-0.4, -0.2) is 67.5 Å². The van der Waals surface area contributed by atoms with E-state index in [1.54, 1.807) is 11.0 Å². The highest BCUT2D eigenvalue weighted by Gasteiger charge is 2.40. The maximum Gasteiger partial charge on any atom is 0.229 e. The second kappa shape index (κ2) is 6.64. The number of rotatable bonds is 3. The van der Waals surface area contributed by atoms with Crippen molar-refractivity contribution in [3.63, 3.8) is 0 Å². The molecule has 0 N–H and O–H groups in total. The lowest BCUT2D eigenvalue weighted by Crippen LogP contribution is -2.50. The molecule has 138 valence electrons. The highest BCUT2D eigenvalue weighted by Crippen LogP contribution is 2.28. The Morgan fingerprint density at radius 1 is 1.27 bits per heavy atom. The smallest absolute Gasteiger partial charge is 0.229 e. The minimum absolute atomic E-state index is 0.0467. The second-order valence-electron chi connectivity index (χ2n) is 7.42. The van der Waals surface area contributed by atoms with Crippen molar-refractivity contribution < 1.29 is 9.53 Å². The minimum Gasteiger partial charge on any atom is -0.359 e. The first kappa shape index (κ1) is 16.9. The van der Waals surface area contributed by atoms with Crippen molar-refractivity contribution >= 4 is 11.7 Å². The van der Waals surface area contributed by atoms with Crippen molar-refractivity contribution in [2.45, 2.75) is 32.2 Å². The number of amides is 1. The molecule has 2 saturated heterocycles. The lowest BCUT2D eigenvalue weighted by Gasteiger charge is -2.37. The van der Waals surface area contributed by atoms with Gasteiger partial charge in [0.25, 0.3) is 0 Å². The second-order valence-corrected chi connectivity index (χ2v) is 7.42. The zero-order valence-electron chi connectivity index (χ0n) is 15.1. The van der Waals surface area contributed by atoms with Gasteiger partial charge in [0.05, 0.1) is 18.1 Å². The van der Waals surface area contributed by atoms with Gasteiger partial charge in [-0.15, -0.1) is 0 Å². The van der Waals surface area contributed by atoms with Gasteiger partial charge < -0.3 is 14.5 Å². The van der Waals surface area contributed by atoms with Crippen LogP contribution in [0.3, 0.4) is 0 Å². The van der Waals surface area contributed by atoms with Gasteiger partial charge in [-0.3, -0.25) is 4.79 Å². The molecule has 9 nitrogen and oxygen atoms in total. The summed E-state index contributed by atoms with van der Waals surface area (Å²) < 4.78 is 7.11. The van der Waals surface area contributed by atoms with Gasteiger partial charge in [0.15, 0.2) is 5.82 Å². The molecule has 9 heteroatoms. The zero-order valence-corrected chi connectivity index (χ0v) is 15.1. The molecule has 0 aromatic carbocycles. The predicted octanol–water partition coefficient (Wildman–Crippen LogP) is 0.869. The van der Waals surface area contributed by atoms with Crippen LogP contribution in [0.25, 0.3) is 5.82 Å². The monoisotopic (exact) mass is 357 g/mol. The molecule has 1 atom stereocenters. The molecule has 2 aromatic heterocycles. The van der Waals surface area contributed by atoms with Crippen molar-refractivity contribution in [3.8, 4) is 5.82 Å². The van der Waals surface area contributed by atoms with E-state index in [4.69, 9.17) is 4.74 Å². The first-order chi connectivity index (χ1) is 12.5. The van der Waals surface area contributed by atoms with Crippen LogP contribution in [-0.2, 0) is 9.53 Å². The fraction of sp³-hybridized carbons (Fsp3) is 0.588. The summed E-state index contributed by atoms with van der Waals surface area (Å²) in [4.78, 5) is 29.6. The molecule has 4 heterocycles. The molecule has 0 aliphatic carbocycles. The Morgan fingerprint density at radius 3 is 2.85 bits per heavy atom. The van der Waals surface area contributed by atoms with E-state index in [1.165, 1.54) is 12.7 Å². The molecule has 0 saturated carbocycles. The third-order valence-electron chi connectivity index (χ3n) is 5.06. The summed E-state index contributed by atoms with van der Waals surface area (Å²) in [6.07, 6.45) is 6.44. The number of carbonyl (C=O) groups is 1. The molecule has 0 radical (unpaired) electrons. The highest BCUT2D eigenvalue weighted by atomic mass is 16.5. The lowest BCUT2D eigenvalue weighted by molar-refractivity contribution is -0.139. The van der Waals surface area contributed by atoms with Crippen LogP contribution >= 0.6 is 0 Å². The maximum atomic E-state index is 13.0. The van der Waals surface area contributed by atoms with E-state index in [9.17, 15) is 4.79 Å². The Bertz CT molecular complexity index is 777. The van der Waals surface area contributed by atoms with Gasteiger partial charge in [0.1, 0.15) is 31.5 Å². The maximum absolute atomic E-state index is 13.0. The first-order valence-corrected chi connectivity index (χ1v) is 8.86. The van der Waals surface area contributed by atoms with Gasteiger partial charge in [-0.25, -0.2) is 19.6 Å². The van der Waals surface area contributed by atoms with Crippen LogP contribution in [0, 0.1) is 5.92 Å². The van der Waals surface area contributed by atoms with E-state index < -0.39 is 0 Å². The van der Waals surface area contributed by atoms with Crippen LogP contribution in [0.1, 0.15) is 26.7 Å². The number of aromatic nitrogens is 5. The average molecular weight is 357 g/mol. The number of ether oxygens (including phenoxy) is 1. The molecule has 2 fully saturated rings. The van der Waals surface area contributed by atoms with Crippen molar-refractivity contribution in [3.05, 3.63) is 25.0 Å². The summed E-state index contributed by atoms with van der Waals surface area (Å²) in [5, 5.41) is 4.11. The fourth-order valence-electron chi connectivity index (χ4n) is 3.57. The summed E-state index contributed by atoms with van der Waals surface area (Å²) in [5.41, 5.74) is -0.242. The Kier molecular flexibility index (Phi) is 4.31. The quantitative estimate of drug-likeness (QED) is 0.805. The van der Waals surface area contributed by atoms with Crippen molar-refractivity contribution in [2.24, 2.45) is 5.92 Å². The van der Waals surface area contributed by atoms with Crippen molar-refractivity contribution in [1.29, 1.82) is 0 Å². The summed E-state index contributed by atoms with van der Waals surface area (Å²) >= 11 is 0. The fourth-order valence-corrected chi connectivity index (χ4v) is 3.57. The van der Waals surface area contributed by atoms with Gasteiger partial charge in [-0.1, -0.05) is 0 Å². The molecule has 0 spiro atoms. The molecule has 2 aliphatic heterocycles. The third-order valence-corrected chi connectivity index (χ3v) is 5.06. The SMILES string of the molecule is CC1(C)COCN1C(=O)C1CCCN(c2cc(-n3cncn3)ncn2)C1. The van der Waals surface area contributed by atoms with E-state index in [0.717, 1.165) is 25.2 Å². The molecule has 4 rings (SSSR count). The minimum atomic E-state index is -0.242. The zero-order chi connectivity index (χ0) is 18.1. The largest absolute Gasteiger partial charge is 0.359 e. The Hall–Kier alpha value is -2.55. The van der Waals surface area contributed by atoms with Gasteiger partial charge in [0.2, 0.25) is 5.91 Å². The Labute approximate surface area is 152 Å². The summed E-state index contributed by atoms with van der Waals surface area (Å²) in [6, 6.07) is 1.88. The normalized spacial score (nSPS) is 22.6. The lowest BCUT2D eigenvalue weighted by atomic mass is 9.94. The van der Waals surface area contributed by atoms with E-state index in [0.29, 0.717) is 25.7 Å². The molecule has 26 heavy (non-hydrogen) atoms. The molecule has 0 bridgehead atoms. The first-order valence-electron chi connectivity index (χ1n) is 8.86.